The number of benzene rings is 1. The summed E-state index contributed by atoms with van der Waals surface area (Å²) < 4.78 is 13.9. The maximum absolute atomic E-state index is 13.3. The number of rotatable bonds is 2. The van der Waals surface area contributed by atoms with Gasteiger partial charge < -0.3 is 10.2 Å². The molecule has 0 aliphatic carbocycles. The van der Waals surface area contributed by atoms with Crippen LogP contribution in [0.25, 0.3) is 0 Å². The summed E-state index contributed by atoms with van der Waals surface area (Å²) in [6.07, 6.45) is 2.06. The maximum Gasteiger partial charge on any atom is 0.254 e. The van der Waals surface area contributed by atoms with Crippen LogP contribution in [0.4, 0.5) is 4.39 Å². The topological polar surface area (TPSA) is 32.3 Å². The standard InChI is InChI=1S/C13H16BrFN2O/c1-16-12-3-2-4-17(8-12)13(18)9-5-10(14)7-11(15)6-9/h5-7,12,16H,2-4,8H2,1H3. The van der Waals surface area contributed by atoms with E-state index in [4.69, 9.17) is 0 Å². The number of likely N-dealkylation sites (tertiary alicyclic amines) is 1. The molecule has 1 aliphatic rings. The second kappa shape index (κ2) is 5.80. The Balaban J connectivity index is 2.15. The molecule has 1 saturated heterocycles. The van der Waals surface area contributed by atoms with Gasteiger partial charge in [-0.25, -0.2) is 4.39 Å². The summed E-state index contributed by atoms with van der Waals surface area (Å²) in [6, 6.07) is 4.63. The van der Waals surface area contributed by atoms with Gasteiger partial charge in [-0.1, -0.05) is 15.9 Å². The number of halogens is 2. The molecule has 1 amide bonds. The smallest absolute Gasteiger partial charge is 0.254 e. The molecule has 0 saturated carbocycles. The molecule has 1 aromatic carbocycles. The van der Waals surface area contributed by atoms with E-state index in [0.717, 1.165) is 19.4 Å². The van der Waals surface area contributed by atoms with Crippen LogP contribution in [0.1, 0.15) is 23.2 Å². The van der Waals surface area contributed by atoms with E-state index < -0.39 is 5.82 Å². The third-order valence-electron chi connectivity index (χ3n) is 3.23. The van der Waals surface area contributed by atoms with Crippen LogP contribution in [0.5, 0.6) is 0 Å². The average molecular weight is 315 g/mol. The van der Waals surface area contributed by atoms with Crippen molar-refractivity contribution in [3.8, 4) is 0 Å². The van der Waals surface area contributed by atoms with E-state index in [1.165, 1.54) is 12.1 Å². The third kappa shape index (κ3) is 3.09. The van der Waals surface area contributed by atoms with Crippen molar-refractivity contribution in [2.75, 3.05) is 20.1 Å². The lowest BCUT2D eigenvalue weighted by molar-refractivity contribution is 0.0697. The molecule has 1 unspecified atom stereocenters. The fourth-order valence-electron chi connectivity index (χ4n) is 2.26. The first-order valence-corrected chi connectivity index (χ1v) is 6.82. The van der Waals surface area contributed by atoms with E-state index in [-0.39, 0.29) is 5.91 Å². The van der Waals surface area contributed by atoms with Crippen LogP contribution in [0, 0.1) is 5.82 Å². The molecule has 2 rings (SSSR count). The predicted molar refractivity (Wildman–Crippen MR) is 72.1 cm³/mol. The molecule has 18 heavy (non-hydrogen) atoms. The molecule has 1 fully saturated rings. The van der Waals surface area contributed by atoms with Crippen molar-refractivity contribution in [1.82, 2.24) is 10.2 Å². The minimum Gasteiger partial charge on any atom is -0.337 e. The molecule has 1 heterocycles. The molecule has 0 radical (unpaired) electrons. The van der Waals surface area contributed by atoms with Gasteiger partial charge >= 0.3 is 0 Å². The number of nitrogens with zero attached hydrogens (tertiary/aromatic N) is 1. The molecule has 5 heteroatoms. The van der Waals surface area contributed by atoms with Crippen molar-refractivity contribution in [2.24, 2.45) is 0 Å². The predicted octanol–water partition coefficient (Wildman–Crippen LogP) is 2.41. The Morgan fingerprint density at radius 2 is 2.28 bits per heavy atom. The van der Waals surface area contributed by atoms with E-state index in [1.807, 2.05) is 7.05 Å². The van der Waals surface area contributed by atoms with Gasteiger partial charge in [-0.2, -0.15) is 0 Å². The first-order valence-electron chi connectivity index (χ1n) is 6.03. The number of likely N-dealkylation sites (N-methyl/N-ethyl adjacent to an activating group) is 1. The Hall–Kier alpha value is -0.940. The van der Waals surface area contributed by atoms with Gasteiger partial charge in [0.05, 0.1) is 0 Å². The van der Waals surface area contributed by atoms with Gasteiger partial charge in [0.1, 0.15) is 5.82 Å². The van der Waals surface area contributed by atoms with E-state index in [1.54, 1.807) is 11.0 Å². The second-order valence-corrected chi connectivity index (χ2v) is 5.45. The maximum atomic E-state index is 13.3. The van der Waals surface area contributed by atoms with Gasteiger partial charge in [-0.05, 0) is 38.1 Å². The molecule has 1 aromatic rings. The molecular formula is C13H16BrFN2O. The van der Waals surface area contributed by atoms with Gasteiger partial charge in [0, 0.05) is 29.2 Å². The van der Waals surface area contributed by atoms with Crippen LogP contribution in [0.15, 0.2) is 22.7 Å². The van der Waals surface area contributed by atoms with Crippen LogP contribution in [-0.2, 0) is 0 Å². The van der Waals surface area contributed by atoms with Crippen LogP contribution >= 0.6 is 15.9 Å². The zero-order valence-corrected chi connectivity index (χ0v) is 11.8. The van der Waals surface area contributed by atoms with E-state index in [2.05, 4.69) is 21.2 Å². The fourth-order valence-corrected chi connectivity index (χ4v) is 2.72. The third-order valence-corrected chi connectivity index (χ3v) is 3.68. The van der Waals surface area contributed by atoms with Gasteiger partial charge in [0.25, 0.3) is 5.91 Å². The van der Waals surface area contributed by atoms with Gasteiger partial charge in [0.15, 0.2) is 0 Å². The van der Waals surface area contributed by atoms with Crippen molar-refractivity contribution >= 4 is 21.8 Å². The Labute approximate surface area is 114 Å². The number of nitrogens with one attached hydrogen (secondary N) is 1. The molecular weight excluding hydrogens is 299 g/mol. The van der Waals surface area contributed by atoms with Gasteiger partial charge in [0.2, 0.25) is 0 Å². The zero-order chi connectivity index (χ0) is 13.1. The van der Waals surface area contributed by atoms with Crippen molar-refractivity contribution in [3.05, 3.63) is 34.1 Å². The number of amides is 1. The molecule has 1 aliphatic heterocycles. The number of carbonyl (C=O) groups is 1. The van der Waals surface area contributed by atoms with Crippen molar-refractivity contribution < 1.29 is 9.18 Å². The van der Waals surface area contributed by atoms with E-state index in [0.29, 0.717) is 22.6 Å². The lowest BCUT2D eigenvalue weighted by Gasteiger charge is -2.32. The van der Waals surface area contributed by atoms with Crippen LogP contribution in [-0.4, -0.2) is 37.0 Å². The normalized spacial score (nSPS) is 19.9. The number of piperidine rings is 1. The molecule has 0 aromatic heterocycles. The van der Waals surface area contributed by atoms with Crippen molar-refractivity contribution in [1.29, 1.82) is 0 Å². The van der Waals surface area contributed by atoms with E-state index in [9.17, 15) is 9.18 Å². The Kier molecular flexibility index (Phi) is 4.35. The SMILES string of the molecule is CNC1CCCN(C(=O)c2cc(F)cc(Br)c2)C1. The summed E-state index contributed by atoms with van der Waals surface area (Å²) in [5.74, 6) is -0.495. The number of carbonyl (C=O) groups excluding carboxylic acids is 1. The zero-order valence-electron chi connectivity index (χ0n) is 10.2. The minimum absolute atomic E-state index is 0.102. The highest BCUT2D eigenvalue weighted by molar-refractivity contribution is 9.10. The first-order chi connectivity index (χ1) is 8.60. The monoisotopic (exact) mass is 314 g/mol. The van der Waals surface area contributed by atoms with E-state index >= 15 is 0 Å². The molecule has 0 spiro atoms. The highest BCUT2D eigenvalue weighted by Gasteiger charge is 2.23. The molecule has 98 valence electrons. The molecule has 0 bridgehead atoms. The van der Waals surface area contributed by atoms with Crippen LogP contribution in [0.3, 0.4) is 0 Å². The molecule has 3 nitrogen and oxygen atoms in total. The van der Waals surface area contributed by atoms with Gasteiger partial charge in [-0.3, -0.25) is 4.79 Å². The largest absolute Gasteiger partial charge is 0.337 e. The molecule has 1 N–H and O–H groups in total. The summed E-state index contributed by atoms with van der Waals surface area (Å²) in [4.78, 5) is 14.1. The van der Waals surface area contributed by atoms with Gasteiger partial charge in [-0.15, -0.1) is 0 Å². The highest BCUT2D eigenvalue weighted by atomic mass is 79.9. The summed E-state index contributed by atoms with van der Waals surface area (Å²) in [7, 11) is 1.90. The summed E-state index contributed by atoms with van der Waals surface area (Å²) in [5.41, 5.74) is 0.402. The lowest BCUT2D eigenvalue weighted by atomic mass is 10.0. The van der Waals surface area contributed by atoms with Crippen molar-refractivity contribution in [3.63, 3.8) is 0 Å². The van der Waals surface area contributed by atoms with Crippen molar-refractivity contribution in [2.45, 2.75) is 18.9 Å². The number of hydrogen-bond donors (Lipinski definition) is 1. The first kappa shape index (κ1) is 13.5. The summed E-state index contributed by atoms with van der Waals surface area (Å²) in [5, 5.41) is 3.19. The number of hydrogen-bond acceptors (Lipinski definition) is 2. The summed E-state index contributed by atoms with van der Waals surface area (Å²) >= 11 is 3.21. The molecule has 1 atom stereocenters. The lowest BCUT2D eigenvalue weighted by Crippen LogP contribution is -2.46. The Morgan fingerprint density at radius 3 is 2.94 bits per heavy atom. The highest BCUT2D eigenvalue weighted by Crippen LogP contribution is 2.18. The van der Waals surface area contributed by atoms with Crippen LogP contribution < -0.4 is 5.32 Å². The Bertz CT molecular complexity index is 432. The second-order valence-electron chi connectivity index (χ2n) is 4.54. The summed E-state index contributed by atoms with van der Waals surface area (Å²) in [6.45, 7) is 1.43. The Morgan fingerprint density at radius 1 is 1.50 bits per heavy atom. The average Bonchev–Trinajstić information content (AvgIpc) is 2.37. The fraction of sp³-hybridized carbons (Fsp3) is 0.462. The quantitative estimate of drug-likeness (QED) is 0.909. The van der Waals surface area contributed by atoms with Crippen LogP contribution in [0.2, 0.25) is 0 Å². The minimum atomic E-state index is -0.394.